The minimum atomic E-state index is -0.103. The second kappa shape index (κ2) is 7.25. The topological polar surface area (TPSA) is 47.7 Å². The summed E-state index contributed by atoms with van der Waals surface area (Å²) in [6, 6.07) is 24.4. The highest BCUT2D eigenvalue weighted by Gasteiger charge is 2.32. The van der Waals surface area contributed by atoms with Gasteiger partial charge in [0.15, 0.2) is 0 Å². The van der Waals surface area contributed by atoms with Gasteiger partial charge in [0.25, 0.3) is 0 Å². The molecular weight excluding hydrogens is 360 g/mol. The number of hydrogen-bond acceptors (Lipinski definition) is 3. The SMILES string of the molecule is CC1(C)c2ccccc2Sc2ccc(C(=N)/C=C\C(=N)c3ccccc3)cc21. The predicted octanol–water partition coefficient (Wildman–Crippen LogP) is 6.47. The highest BCUT2D eigenvalue weighted by atomic mass is 32.2. The molecule has 4 rings (SSSR count). The van der Waals surface area contributed by atoms with Crippen LogP contribution in [-0.4, -0.2) is 11.4 Å². The normalized spacial score (nSPS) is 14.4. The molecule has 1 aliphatic rings. The van der Waals surface area contributed by atoms with Gasteiger partial charge in [-0.3, -0.25) is 0 Å². The van der Waals surface area contributed by atoms with Crippen molar-refractivity contribution in [1.82, 2.24) is 0 Å². The minimum Gasteiger partial charge on any atom is -0.300 e. The molecule has 1 aliphatic heterocycles. The minimum absolute atomic E-state index is 0.103. The molecule has 0 fully saturated rings. The molecule has 2 nitrogen and oxygen atoms in total. The molecule has 3 aromatic carbocycles. The van der Waals surface area contributed by atoms with Crippen LogP contribution in [0.2, 0.25) is 0 Å². The highest BCUT2D eigenvalue weighted by molar-refractivity contribution is 7.99. The van der Waals surface area contributed by atoms with Crippen molar-refractivity contribution in [3.8, 4) is 0 Å². The lowest BCUT2D eigenvalue weighted by molar-refractivity contribution is 0.607. The summed E-state index contributed by atoms with van der Waals surface area (Å²) in [6.07, 6.45) is 3.42. The second-order valence-electron chi connectivity index (χ2n) is 7.46. The van der Waals surface area contributed by atoms with Crippen molar-refractivity contribution in [3.63, 3.8) is 0 Å². The van der Waals surface area contributed by atoms with Crippen LogP contribution in [-0.2, 0) is 5.41 Å². The van der Waals surface area contributed by atoms with Crippen molar-refractivity contribution in [1.29, 1.82) is 10.8 Å². The molecule has 0 saturated heterocycles. The van der Waals surface area contributed by atoms with E-state index in [1.165, 1.54) is 20.9 Å². The lowest BCUT2D eigenvalue weighted by Crippen LogP contribution is -2.24. The molecule has 3 aromatic rings. The molecule has 2 N–H and O–H groups in total. The summed E-state index contributed by atoms with van der Waals surface area (Å²) in [5.41, 5.74) is 5.04. The second-order valence-corrected chi connectivity index (χ2v) is 8.54. The Labute approximate surface area is 170 Å². The number of allylic oxidation sites excluding steroid dienone is 2. The zero-order chi connectivity index (χ0) is 19.7. The molecule has 138 valence electrons. The smallest absolute Gasteiger partial charge is 0.0613 e. The van der Waals surface area contributed by atoms with E-state index in [-0.39, 0.29) is 5.41 Å². The molecule has 0 spiro atoms. The third-order valence-corrected chi connectivity index (χ3v) is 6.40. The van der Waals surface area contributed by atoms with Crippen LogP contribution < -0.4 is 0 Å². The summed E-state index contributed by atoms with van der Waals surface area (Å²) >= 11 is 1.80. The zero-order valence-electron chi connectivity index (χ0n) is 16.0. The summed E-state index contributed by atoms with van der Waals surface area (Å²) in [4.78, 5) is 2.56. The van der Waals surface area contributed by atoms with Crippen molar-refractivity contribution in [3.05, 3.63) is 107 Å². The third-order valence-electron chi connectivity index (χ3n) is 5.25. The van der Waals surface area contributed by atoms with Gasteiger partial charge in [-0.15, -0.1) is 0 Å². The molecule has 1 heterocycles. The molecule has 0 bridgehead atoms. The maximum Gasteiger partial charge on any atom is 0.0613 e. The Bertz CT molecular complexity index is 1090. The third kappa shape index (κ3) is 3.34. The van der Waals surface area contributed by atoms with Crippen LogP contribution in [0.15, 0.2) is 94.7 Å². The Balaban J connectivity index is 1.62. The molecule has 28 heavy (non-hydrogen) atoms. The van der Waals surface area contributed by atoms with Gasteiger partial charge in [-0.2, -0.15) is 0 Å². The number of rotatable bonds is 4. The summed E-state index contributed by atoms with van der Waals surface area (Å²) in [5, 5.41) is 16.7. The van der Waals surface area contributed by atoms with Crippen LogP contribution in [0.3, 0.4) is 0 Å². The van der Waals surface area contributed by atoms with Crippen LogP contribution >= 0.6 is 11.8 Å². The lowest BCUT2D eigenvalue weighted by Gasteiger charge is -2.34. The molecule has 0 unspecified atom stereocenters. The summed E-state index contributed by atoms with van der Waals surface area (Å²) < 4.78 is 0. The number of nitrogens with one attached hydrogen (secondary N) is 2. The number of fused-ring (bicyclic) bond motifs is 2. The van der Waals surface area contributed by atoms with Crippen molar-refractivity contribution in [2.45, 2.75) is 29.1 Å². The average Bonchev–Trinajstić information content (AvgIpc) is 2.72. The molecule has 0 aliphatic carbocycles. The summed E-state index contributed by atoms with van der Waals surface area (Å²) in [7, 11) is 0. The van der Waals surface area contributed by atoms with Crippen molar-refractivity contribution < 1.29 is 0 Å². The first kappa shape index (κ1) is 18.5. The van der Waals surface area contributed by atoms with Crippen molar-refractivity contribution >= 4 is 23.2 Å². The predicted molar refractivity (Wildman–Crippen MR) is 118 cm³/mol. The molecule has 0 atom stereocenters. The van der Waals surface area contributed by atoms with Crippen molar-refractivity contribution in [2.24, 2.45) is 0 Å². The Morgan fingerprint density at radius 2 is 1.32 bits per heavy atom. The van der Waals surface area contributed by atoms with Crippen LogP contribution in [0.4, 0.5) is 0 Å². The van der Waals surface area contributed by atoms with Crippen molar-refractivity contribution in [2.75, 3.05) is 0 Å². The first-order valence-corrected chi connectivity index (χ1v) is 10.1. The van der Waals surface area contributed by atoms with E-state index in [4.69, 9.17) is 10.8 Å². The van der Waals surface area contributed by atoms with E-state index in [0.717, 1.165) is 11.1 Å². The lowest BCUT2D eigenvalue weighted by atomic mass is 9.77. The first-order valence-electron chi connectivity index (χ1n) is 9.29. The molecule has 0 saturated carbocycles. The van der Waals surface area contributed by atoms with E-state index in [9.17, 15) is 0 Å². The fourth-order valence-electron chi connectivity index (χ4n) is 3.59. The van der Waals surface area contributed by atoms with Gasteiger partial charge in [0.1, 0.15) is 0 Å². The van der Waals surface area contributed by atoms with E-state index in [1.807, 2.05) is 36.4 Å². The number of hydrogen-bond donors (Lipinski definition) is 2. The van der Waals surface area contributed by atoms with E-state index in [0.29, 0.717) is 11.4 Å². The van der Waals surface area contributed by atoms with E-state index in [1.54, 1.807) is 23.9 Å². The van der Waals surface area contributed by atoms with Gasteiger partial charge < -0.3 is 10.8 Å². The van der Waals surface area contributed by atoms with Gasteiger partial charge in [-0.25, -0.2) is 0 Å². The van der Waals surface area contributed by atoms with E-state index in [2.05, 4.69) is 50.2 Å². The largest absolute Gasteiger partial charge is 0.300 e. The molecule has 0 radical (unpaired) electrons. The standard InChI is InChI=1S/C25H22N2S/c1-25(2)19-10-6-7-11-23(19)28-24-15-12-18(16-20(24)25)22(27)14-13-21(26)17-8-4-3-5-9-17/h3-16,26-27H,1-2H3/b14-13-,26-21?,27-22?. The Hall–Kier alpha value is -2.91. The monoisotopic (exact) mass is 382 g/mol. The first-order chi connectivity index (χ1) is 13.5. The van der Waals surface area contributed by atoms with Crippen LogP contribution in [0.5, 0.6) is 0 Å². The molecule has 0 aromatic heterocycles. The number of benzene rings is 3. The van der Waals surface area contributed by atoms with Crippen LogP contribution in [0.25, 0.3) is 0 Å². The maximum atomic E-state index is 8.49. The van der Waals surface area contributed by atoms with Gasteiger partial charge in [0.2, 0.25) is 0 Å². The highest BCUT2D eigenvalue weighted by Crippen LogP contribution is 2.49. The van der Waals surface area contributed by atoms with E-state index < -0.39 is 0 Å². The fourth-order valence-corrected chi connectivity index (χ4v) is 4.96. The van der Waals surface area contributed by atoms with Gasteiger partial charge in [-0.1, -0.05) is 80.2 Å². The van der Waals surface area contributed by atoms with E-state index >= 15 is 0 Å². The van der Waals surface area contributed by atoms with Crippen LogP contribution in [0, 0.1) is 10.8 Å². The maximum absolute atomic E-state index is 8.49. The van der Waals surface area contributed by atoms with Gasteiger partial charge in [-0.05, 0) is 52.6 Å². The van der Waals surface area contributed by atoms with Gasteiger partial charge in [0, 0.05) is 15.2 Å². The van der Waals surface area contributed by atoms with Crippen LogP contribution in [0.1, 0.15) is 36.1 Å². The Morgan fingerprint density at radius 3 is 2.07 bits per heavy atom. The molecule has 3 heteroatoms. The van der Waals surface area contributed by atoms with Gasteiger partial charge in [0.05, 0.1) is 11.4 Å². The zero-order valence-corrected chi connectivity index (χ0v) is 16.8. The quantitative estimate of drug-likeness (QED) is 0.499. The van der Waals surface area contributed by atoms with Gasteiger partial charge >= 0.3 is 0 Å². The molecule has 0 amide bonds. The molecular formula is C25H22N2S. The fraction of sp³-hybridized carbons (Fsp3) is 0.120. The average molecular weight is 383 g/mol. The Morgan fingerprint density at radius 1 is 0.714 bits per heavy atom. The summed E-state index contributed by atoms with van der Waals surface area (Å²) in [5.74, 6) is 0. The summed E-state index contributed by atoms with van der Waals surface area (Å²) in [6.45, 7) is 4.50. The Kier molecular flexibility index (Phi) is 4.78.